The van der Waals surface area contributed by atoms with Gasteiger partial charge in [0.05, 0.1) is 24.4 Å². The minimum atomic E-state index is -0.323. The number of aliphatic hydroxyl groups is 1. The van der Waals surface area contributed by atoms with Gasteiger partial charge in [-0.1, -0.05) is 37.3 Å². The third-order valence-corrected chi connectivity index (χ3v) is 4.51. The van der Waals surface area contributed by atoms with E-state index >= 15 is 0 Å². The van der Waals surface area contributed by atoms with Crippen molar-refractivity contribution in [1.82, 2.24) is 20.4 Å². The predicted molar refractivity (Wildman–Crippen MR) is 98.4 cm³/mol. The van der Waals surface area contributed by atoms with Gasteiger partial charge in [0.15, 0.2) is 0 Å². The molecular formula is C19H28N4O2. The summed E-state index contributed by atoms with van der Waals surface area (Å²) in [5.41, 5.74) is 4.11. The van der Waals surface area contributed by atoms with Crippen LogP contribution in [-0.4, -0.2) is 33.6 Å². The Hall–Kier alpha value is -2.34. The standard InChI is InChI=1S/C19H28N4O2/c1-5-17(18-13(2)22-23(4)14(18)3)21-19(25)20-16(12-24)11-15-9-7-6-8-10-15/h6-10,16-17,24H,5,11-12H2,1-4H3,(H2,20,21,25). The first kappa shape index (κ1) is 19.0. The van der Waals surface area contributed by atoms with E-state index in [1.807, 2.05) is 62.8 Å². The van der Waals surface area contributed by atoms with E-state index < -0.39 is 0 Å². The Morgan fingerprint density at radius 2 is 1.92 bits per heavy atom. The molecule has 2 amide bonds. The summed E-state index contributed by atoms with van der Waals surface area (Å²) in [4.78, 5) is 12.4. The van der Waals surface area contributed by atoms with Crippen molar-refractivity contribution in [3.8, 4) is 0 Å². The maximum atomic E-state index is 12.4. The zero-order valence-electron chi connectivity index (χ0n) is 15.4. The van der Waals surface area contributed by atoms with Gasteiger partial charge in [0.25, 0.3) is 0 Å². The largest absolute Gasteiger partial charge is 0.394 e. The SMILES string of the molecule is CCC(NC(=O)NC(CO)Cc1ccccc1)c1c(C)nn(C)c1C. The molecule has 1 aromatic heterocycles. The highest BCUT2D eigenvalue weighted by molar-refractivity contribution is 5.75. The Balaban J connectivity index is 2.01. The molecule has 0 spiro atoms. The molecule has 25 heavy (non-hydrogen) atoms. The van der Waals surface area contributed by atoms with Gasteiger partial charge >= 0.3 is 6.03 Å². The minimum absolute atomic E-state index is 0.107. The quantitative estimate of drug-likeness (QED) is 0.721. The monoisotopic (exact) mass is 344 g/mol. The van der Waals surface area contributed by atoms with Crippen LogP contribution in [0.4, 0.5) is 4.79 Å². The van der Waals surface area contributed by atoms with Gasteiger partial charge in [0, 0.05) is 18.3 Å². The maximum absolute atomic E-state index is 12.4. The molecule has 136 valence electrons. The van der Waals surface area contributed by atoms with Crippen LogP contribution in [0.5, 0.6) is 0 Å². The van der Waals surface area contributed by atoms with Gasteiger partial charge in [-0.2, -0.15) is 5.10 Å². The summed E-state index contributed by atoms with van der Waals surface area (Å²) < 4.78 is 1.83. The van der Waals surface area contributed by atoms with Crippen molar-refractivity contribution in [1.29, 1.82) is 0 Å². The summed E-state index contributed by atoms with van der Waals surface area (Å²) >= 11 is 0. The van der Waals surface area contributed by atoms with Gasteiger partial charge in [-0.05, 0) is 32.3 Å². The van der Waals surface area contributed by atoms with Crippen LogP contribution in [0.25, 0.3) is 0 Å². The molecule has 6 heteroatoms. The maximum Gasteiger partial charge on any atom is 0.315 e. The van der Waals surface area contributed by atoms with Gasteiger partial charge in [0.2, 0.25) is 0 Å². The second-order valence-electron chi connectivity index (χ2n) is 6.36. The number of rotatable bonds is 7. The normalized spacial score (nSPS) is 13.3. The average Bonchev–Trinajstić information content (AvgIpc) is 2.85. The molecule has 0 saturated carbocycles. The van der Waals surface area contributed by atoms with E-state index in [1.54, 1.807) is 0 Å². The second kappa shape index (κ2) is 8.67. The molecule has 2 rings (SSSR count). The first-order valence-corrected chi connectivity index (χ1v) is 8.68. The van der Waals surface area contributed by atoms with Crippen LogP contribution in [-0.2, 0) is 13.5 Å². The Morgan fingerprint density at radius 1 is 1.24 bits per heavy atom. The molecule has 6 nitrogen and oxygen atoms in total. The summed E-state index contributed by atoms with van der Waals surface area (Å²) in [6.07, 6.45) is 1.36. The molecule has 2 aromatic rings. The first-order chi connectivity index (χ1) is 12.0. The summed E-state index contributed by atoms with van der Waals surface area (Å²) in [5, 5.41) is 19.9. The van der Waals surface area contributed by atoms with Crippen molar-refractivity contribution in [3.63, 3.8) is 0 Å². The molecule has 0 aliphatic carbocycles. The van der Waals surface area contributed by atoms with Crippen LogP contribution in [0.2, 0.25) is 0 Å². The fraction of sp³-hybridized carbons (Fsp3) is 0.474. The summed E-state index contributed by atoms with van der Waals surface area (Å²) in [6.45, 7) is 5.88. The smallest absolute Gasteiger partial charge is 0.315 e. The van der Waals surface area contributed by atoms with Gasteiger partial charge in [-0.3, -0.25) is 4.68 Å². The number of aromatic nitrogens is 2. The van der Waals surface area contributed by atoms with E-state index in [0.29, 0.717) is 6.42 Å². The molecule has 1 aromatic carbocycles. The molecule has 0 aliphatic rings. The number of hydrogen-bond acceptors (Lipinski definition) is 3. The molecule has 0 fully saturated rings. The van der Waals surface area contributed by atoms with Gasteiger partial charge in [-0.25, -0.2) is 4.79 Å². The lowest BCUT2D eigenvalue weighted by Crippen LogP contribution is -2.46. The number of carbonyl (C=O) groups is 1. The number of hydrogen-bond donors (Lipinski definition) is 3. The van der Waals surface area contributed by atoms with Crippen LogP contribution >= 0.6 is 0 Å². The molecule has 0 bridgehead atoms. The number of urea groups is 1. The van der Waals surface area contributed by atoms with Crippen LogP contribution in [0.15, 0.2) is 30.3 Å². The lowest BCUT2D eigenvalue weighted by molar-refractivity contribution is 0.213. The summed E-state index contributed by atoms with van der Waals surface area (Å²) in [6, 6.07) is 9.11. The number of amides is 2. The van der Waals surface area contributed by atoms with Gasteiger partial charge in [-0.15, -0.1) is 0 Å². The third-order valence-electron chi connectivity index (χ3n) is 4.51. The van der Waals surface area contributed by atoms with Crippen molar-refractivity contribution in [3.05, 3.63) is 52.8 Å². The van der Waals surface area contributed by atoms with E-state index in [9.17, 15) is 9.90 Å². The molecule has 0 saturated heterocycles. The molecule has 0 radical (unpaired) electrons. The van der Waals surface area contributed by atoms with Crippen LogP contribution < -0.4 is 10.6 Å². The number of aliphatic hydroxyl groups excluding tert-OH is 1. The Morgan fingerprint density at radius 3 is 2.44 bits per heavy atom. The van der Waals surface area contributed by atoms with Gasteiger partial charge < -0.3 is 15.7 Å². The van der Waals surface area contributed by atoms with Crippen molar-refractivity contribution in [2.45, 2.75) is 45.7 Å². The van der Waals surface area contributed by atoms with Crippen molar-refractivity contribution < 1.29 is 9.90 Å². The van der Waals surface area contributed by atoms with Crippen LogP contribution in [0, 0.1) is 13.8 Å². The number of aryl methyl sites for hydroxylation is 2. The summed E-state index contributed by atoms with van der Waals surface area (Å²) in [5.74, 6) is 0. The second-order valence-corrected chi connectivity index (χ2v) is 6.36. The lowest BCUT2D eigenvalue weighted by atomic mass is 10.0. The van der Waals surface area contributed by atoms with E-state index in [2.05, 4.69) is 15.7 Å². The number of carbonyl (C=O) groups excluding carboxylic acids is 1. The minimum Gasteiger partial charge on any atom is -0.394 e. The fourth-order valence-electron chi connectivity index (χ4n) is 3.12. The summed E-state index contributed by atoms with van der Waals surface area (Å²) in [7, 11) is 1.90. The molecular weight excluding hydrogens is 316 g/mol. The number of nitrogens with one attached hydrogen (secondary N) is 2. The van der Waals surface area contributed by atoms with E-state index in [-0.39, 0.29) is 24.7 Å². The zero-order valence-corrected chi connectivity index (χ0v) is 15.4. The number of nitrogens with zero attached hydrogens (tertiary/aromatic N) is 2. The van der Waals surface area contributed by atoms with E-state index in [1.165, 1.54) is 0 Å². The van der Waals surface area contributed by atoms with Crippen molar-refractivity contribution >= 4 is 6.03 Å². The highest BCUT2D eigenvalue weighted by atomic mass is 16.3. The average molecular weight is 344 g/mol. The Kier molecular flexibility index (Phi) is 6.58. The van der Waals surface area contributed by atoms with Gasteiger partial charge in [0.1, 0.15) is 0 Å². The number of benzene rings is 1. The predicted octanol–water partition coefficient (Wildman–Crippen LogP) is 2.39. The lowest BCUT2D eigenvalue weighted by Gasteiger charge is -2.22. The van der Waals surface area contributed by atoms with Crippen LogP contribution in [0.1, 0.15) is 41.9 Å². The van der Waals surface area contributed by atoms with E-state index in [0.717, 1.165) is 28.9 Å². The fourth-order valence-corrected chi connectivity index (χ4v) is 3.12. The zero-order chi connectivity index (χ0) is 18.4. The Labute approximate surface area is 149 Å². The molecule has 1 heterocycles. The van der Waals surface area contributed by atoms with Crippen LogP contribution in [0.3, 0.4) is 0 Å². The highest BCUT2D eigenvalue weighted by Gasteiger charge is 2.21. The molecule has 0 aliphatic heterocycles. The molecule has 2 atom stereocenters. The highest BCUT2D eigenvalue weighted by Crippen LogP contribution is 2.23. The Bertz CT molecular complexity index is 697. The molecule has 3 N–H and O–H groups in total. The molecule has 2 unspecified atom stereocenters. The first-order valence-electron chi connectivity index (χ1n) is 8.68. The van der Waals surface area contributed by atoms with E-state index in [4.69, 9.17) is 0 Å². The van der Waals surface area contributed by atoms with Crippen molar-refractivity contribution in [2.75, 3.05) is 6.61 Å². The third kappa shape index (κ3) is 4.82. The topological polar surface area (TPSA) is 79.2 Å². The van der Waals surface area contributed by atoms with Crippen molar-refractivity contribution in [2.24, 2.45) is 7.05 Å².